The summed E-state index contributed by atoms with van der Waals surface area (Å²) >= 11 is 0. The van der Waals surface area contributed by atoms with E-state index in [2.05, 4.69) is 0 Å². The van der Waals surface area contributed by atoms with Crippen molar-refractivity contribution in [1.82, 2.24) is 0 Å². The minimum absolute atomic E-state index is 0.0744. The zero-order valence-electron chi connectivity index (χ0n) is 10.6. The molecular weight excluding hydrogens is 238 g/mol. The second kappa shape index (κ2) is 7.28. The first-order valence-corrected chi connectivity index (χ1v) is 6.17. The van der Waals surface area contributed by atoms with Gasteiger partial charge in [0.15, 0.2) is 0 Å². The minimum Gasteiger partial charge on any atom is -0.395 e. The van der Waals surface area contributed by atoms with E-state index < -0.39 is 11.6 Å². The van der Waals surface area contributed by atoms with Crippen LogP contribution in [0.5, 0.6) is 0 Å². The molecule has 3 N–H and O–H groups in total. The first-order chi connectivity index (χ1) is 8.63. The normalized spacial score (nSPS) is 10.7. The molecule has 102 valence electrons. The van der Waals surface area contributed by atoms with Crippen molar-refractivity contribution in [3.8, 4) is 0 Å². The first kappa shape index (κ1) is 14.9. The molecule has 0 radical (unpaired) electrons. The summed E-state index contributed by atoms with van der Waals surface area (Å²) in [7, 11) is 0. The average molecular weight is 258 g/mol. The smallest absolute Gasteiger partial charge is 0.149 e. The Kier molecular flexibility index (Phi) is 6.01. The number of aliphatic hydroxyl groups is 1. The molecule has 0 fully saturated rings. The molecule has 0 aliphatic rings. The third-order valence-corrected chi connectivity index (χ3v) is 2.78. The SMILES string of the molecule is CCCCN(CCO)c1c(F)cc(CN)cc1F. The van der Waals surface area contributed by atoms with E-state index in [1.807, 2.05) is 6.92 Å². The number of unbranched alkanes of at least 4 members (excludes halogenated alkanes) is 1. The topological polar surface area (TPSA) is 49.5 Å². The largest absolute Gasteiger partial charge is 0.395 e. The van der Waals surface area contributed by atoms with Gasteiger partial charge in [-0.3, -0.25) is 0 Å². The molecule has 0 amide bonds. The maximum atomic E-state index is 13.9. The number of benzene rings is 1. The van der Waals surface area contributed by atoms with Crippen LogP contribution < -0.4 is 10.6 Å². The van der Waals surface area contributed by atoms with Gasteiger partial charge in [-0.15, -0.1) is 0 Å². The van der Waals surface area contributed by atoms with Crippen LogP contribution >= 0.6 is 0 Å². The zero-order valence-corrected chi connectivity index (χ0v) is 10.6. The fourth-order valence-corrected chi connectivity index (χ4v) is 1.84. The van der Waals surface area contributed by atoms with E-state index in [4.69, 9.17) is 10.8 Å². The molecule has 3 nitrogen and oxygen atoms in total. The summed E-state index contributed by atoms with van der Waals surface area (Å²) in [6, 6.07) is 2.49. The molecule has 0 heterocycles. The predicted molar refractivity (Wildman–Crippen MR) is 68.5 cm³/mol. The number of hydrogen-bond donors (Lipinski definition) is 2. The maximum absolute atomic E-state index is 13.9. The Morgan fingerprint density at radius 2 is 1.83 bits per heavy atom. The second-order valence-corrected chi connectivity index (χ2v) is 4.18. The van der Waals surface area contributed by atoms with Crippen LogP contribution in [-0.2, 0) is 6.54 Å². The summed E-state index contributed by atoms with van der Waals surface area (Å²) < 4.78 is 27.8. The van der Waals surface area contributed by atoms with Crippen LogP contribution in [0.3, 0.4) is 0 Å². The van der Waals surface area contributed by atoms with Crippen LogP contribution in [0.1, 0.15) is 25.3 Å². The molecule has 1 rings (SSSR count). The van der Waals surface area contributed by atoms with Crippen molar-refractivity contribution in [2.24, 2.45) is 5.73 Å². The standard InChI is InChI=1S/C13H20F2N2O/c1-2-3-4-17(5-6-18)13-11(14)7-10(9-16)8-12(13)15/h7-8,18H,2-6,9,16H2,1H3. The lowest BCUT2D eigenvalue weighted by atomic mass is 10.1. The fourth-order valence-electron chi connectivity index (χ4n) is 1.84. The molecular formula is C13H20F2N2O. The summed E-state index contributed by atoms with van der Waals surface area (Å²) in [4.78, 5) is 1.54. The van der Waals surface area contributed by atoms with Crippen molar-refractivity contribution < 1.29 is 13.9 Å². The maximum Gasteiger partial charge on any atom is 0.149 e. The molecule has 0 saturated carbocycles. The molecule has 0 aromatic heterocycles. The molecule has 0 aliphatic heterocycles. The van der Waals surface area contributed by atoms with Crippen molar-refractivity contribution >= 4 is 5.69 Å². The molecule has 1 aromatic carbocycles. The summed E-state index contributed by atoms with van der Waals surface area (Å²) in [5, 5.41) is 8.97. The van der Waals surface area contributed by atoms with Gasteiger partial charge in [-0.1, -0.05) is 13.3 Å². The Hall–Kier alpha value is -1.20. The number of nitrogens with zero attached hydrogens (tertiary/aromatic N) is 1. The van der Waals surface area contributed by atoms with Gasteiger partial charge in [0.2, 0.25) is 0 Å². The van der Waals surface area contributed by atoms with E-state index in [-0.39, 0.29) is 25.4 Å². The molecule has 1 aromatic rings. The Balaban J connectivity index is 3.02. The lowest BCUT2D eigenvalue weighted by Crippen LogP contribution is -2.29. The molecule has 0 atom stereocenters. The van der Waals surface area contributed by atoms with Crippen molar-refractivity contribution in [2.45, 2.75) is 26.3 Å². The van der Waals surface area contributed by atoms with E-state index in [1.165, 1.54) is 17.0 Å². The number of rotatable bonds is 7. The average Bonchev–Trinajstić information content (AvgIpc) is 2.34. The highest BCUT2D eigenvalue weighted by Gasteiger charge is 2.17. The van der Waals surface area contributed by atoms with Gasteiger partial charge in [0.1, 0.15) is 17.3 Å². The Morgan fingerprint density at radius 1 is 1.22 bits per heavy atom. The van der Waals surface area contributed by atoms with Gasteiger partial charge in [-0.2, -0.15) is 0 Å². The molecule has 18 heavy (non-hydrogen) atoms. The van der Waals surface area contributed by atoms with Crippen LogP contribution in [0.4, 0.5) is 14.5 Å². The minimum atomic E-state index is -0.625. The van der Waals surface area contributed by atoms with E-state index in [0.29, 0.717) is 12.1 Å². The molecule has 0 bridgehead atoms. The van der Waals surface area contributed by atoms with E-state index in [0.717, 1.165) is 12.8 Å². The number of anilines is 1. The van der Waals surface area contributed by atoms with E-state index in [1.54, 1.807) is 0 Å². The second-order valence-electron chi connectivity index (χ2n) is 4.18. The highest BCUT2D eigenvalue weighted by atomic mass is 19.1. The van der Waals surface area contributed by atoms with Gasteiger partial charge in [-0.25, -0.2) is 8.78 Å². The van der Waals surface area contributed by atoms with Gasteiger partial charge in [0.05, 0.1) is 6.61 Å². The summed E-state index contributed by atoms with van der Waals surface area (Å²) in [6.45, 7) is 2.70. The van der Waals surface area contributed by atoms with Gasteiger partial charge in [0, 0.05) is 19.6 Å². The Morgan fingerprint density at radius 3 is 2.28 bits per heavy atom. The quantitative estimate of drug-likeness (QED) is 0.786. The van der Waals surface area contributed by atoms with Gasteiger partial charge < -0.3 is 15.7 Å². The molecule has 0 unspecified atom stereocenters. The summed E-state index contributed by atoms with van der Waals surface area (Å²) in [6.07, 6.45) is 1.74. The highest BCUT2D eigenvalue weighted by molar-refractivity contribution is 5.50. The van der Waals surface area contributed by atoms with Crippen LogP contribution in [-0.4, -0.2) is 24.8 Å². The van der Waals surface area contributed by atoms with Crippen molar-refractivity contribution in [2.75, 3.05) is 24.6 Å². The first-order valence-electron chi connectivity index (χ1n) is 6.17. The van der Waals surface area contributed by atoms with Crippen LogP contribution in [0.15, 0.2) is 12.1 Å². The van der Waals surface area contributed by atoms with Gasteiger partial charge in [0.25, 0.3) is 0 Å². The number of halogens is 2. The van der Waals surface area contributed by atoms with E-state index >= 15 is 0 Å². The molecule has 5 heteroatoms. The third-order valence-electron chi connectivity index (χ3n) is 2.78. The van der Waals surface area contributed by atoms with Gasteiger partial charge in [-0.05, 0) is 24.1 Å². The van der Waals surface area contributed by atoms with Crippen molar-refractivity contribution in [3.05, 3.63) is 29.3 Å². The monoisotopic (exact) mass is 258 g/mol. The van der Waals surface area contributed by atoms with Crippen molar-refractivity contribution in [3.63, 3.8) is 0 Å². The highest BCUT2D eigenvalue weighted by Crippen LogP contribution is 2.25. The van der Waals surface area contributed by atoms with Crippen LogP contribution in [0.25, 0.3) is 0 Å². The number of aliphatic hydroxyl groups excluding tert-OH is 1. The van der Waals surface area contributed by atoms with E-state index in [9.17, 15) is 8.78 Å². The molecule has 0 spiro atoms. The number of nitrogens with two attached hydrogens (primary N) is 1. The zero-order chi connectivity index (χ0) is 13.5. The Bertz CT molecular complexity index is 362. The molecule has 0 aliphatic carbocycles. The lowest BCUT2D eigenvalue weighted by molar-refractivity contribution is 0.300. The van der Waals surface area contributed by atoms with Crippen LogP contribution in [0, 0.1) is 11.6 Å². The molecule has 0 saturated heterocycles. The Labute approximate surface area is 106 Å². The number of hydrogen-bond acceptors (Lipinski definition) is 3. The lowest BCUT2D eigenvalue weighted by Gasteiger charge is -2.25. The summed E-state index contributed by atoms with van der Waals surface area (Å²) in [5.74, 6) is -1.25. The third kappa shape index (κ3) is 3.65. The fraction of sp³-hybridized carbons (Fsp3) is 0.538. The van der Waals surface area contributed by atoms with Crippen LogP contribution in [0.2, 0.25) is 0 Å². The predicted octanol–water partition coefficient (Wildman–Crippen LogP) is 2.02. The van der Waals surface area contributed by atoms with Crippen molar-refractivity contribution in [1.29, 1.82) is 0 Å². The van der Waals surface area contributed by atoms with Gasteiger partial charge >= 0.3 is 0 Å². The summed E-state index contributed by atoms with van der Waals surface area (Å²) in [5.41, 5.74) is 5.72.